The zero-order valence-electron chi connectivity index (χ0n) is 19.9. The van der Waals surface area contributed by atoms with Crippen LogP contribution in [0.1, 0.15) is 28.6 Å². The molecule has 1 aliphatic heterocycles. The Morgan fingerprint density at radius 2 is 2.05 bits per heavy atom. The third-order valence-electron chi connectivity index (χ3n) is 5.16. The molecular weight excluding hydrogens is 549 g/mol. The zero-order chi connectivity index (χ0) is 27.7. The summed E-state index contributed by atoms with van der Waals surface area (Å²) < 4.78 is 49.9. The van der Waals surface area contributed by atoms with Gasteiger partial charge >= 0.3 is 17.8 Å². The standard InChI is InChI=1S/C23H23F3N4O6S2/c1-37-38-13-35-16-10-18(36-17(16)12-31)30-11-15(8-5-9-27-21(33)23(24,25)26)19(29-22(30)34)28-20(32)14-6-3-2-4-7-14/h2-4,6-7,11,16-18,31H,9-10,12-13H2,1H3,(H,27,33)(H,28,29,32,34)/t16?,17-,18-/m1/s1. The number of carbonyl (C=O) groups excluding carboxylic acids is 2. The van der Waals surface area contributed by atoms with E-state index in [0.29, 0.717) is 5.94 Å². The van der Waals surface area contributed by atoms with Crippen LogP contribution in [0.25, 0.3) is 0 Å². The number of carbonyl (C=O) groups is 2. The number of nitrogens with zero attached hydrogens (tertiary/aromatic N) is 2. The van der Waals surface area contributed by atoms with E-state index in [1.165, 1.54) is 39.9 Å². The monoisotopic (exact) mass is 572 g/mol. The van der Waals surface area contributed by atoms with Gasteiger partial charge in [0.1, 0.15) is 18.3 Å². The molecule has 2 heterocycles. The lowest BCUT2D eigenvalue weighted by Crippen LogP contribution is -2.36. The molecule has 0 aliphatic carbocycles. The topological polar surface area (TPSA) is 132 Å². The van der Waals surface area contributed by atoms with Gasteiger partial charge in [-0.2, -0.15) is 18.2 Å². The number of ether oxygens (including phenoxy) is 2. The first-order valence-electron chi connectivity index (χ1n) is 11.0. The summed E-state index contributed by atoms with van der Waals surface area (Å²) in [6.45, 7) is -1.01. The van der Waals surface area contributed by atoms with Crippen LogP contribution in [0.15, 0.2) is 41.3 Å². The molecule has 0 saturated carbocycles. The fraction of sp³-hybridized carbons (Fsp3) is 0.391. The first-order chi connectivity index (χ1) is 18.1. The minimum Gasteiger partial charge on any atom is -0.394 e. The van der Waals surface area contributed by atoms with Gasteiger partial charge in [-0.3, -0.25) is 14.2 Å². The van der Waals surface area contributed by atoms with Gasteiger partial charge in [0.05, 0.1) is 24.8 Å². The number of nitrogens with one attached hydrogen (secondary N) is 2. The van der Waals surface area contributed by atoms with E-state index in [9.17, 15) is 32.7 Å². The Hall–Kier alpha value is -3.03. The van der Waals surface area contributed by atoms with Gasteiger partial charge in [0, 0.05) is 18.2 Å². The predicted molar refractivity (Wildman–Crippen MR) is 135 cm³/mol. The van der Waals surface area contributed by atoms with E-state index in [4.69, 9.17) is 9.47 Å². The summed E-state index contributed by atoms with van der Waals surface area (Å²) in [5, 5.41) is 13.8. The molecule has 15 heteroatoms. The van der Waals surface area contributed by atoms with Crippen molar-refractivity contribution in [3.05, 3.63) is 58.1 Å². The van der Waals surface area contributed by atoms with Gasteiger partial charge in [-0.05, 0) is 18.4 Å². The molecule has 1 fully saturated rings. The predicted octanol–water partition coefficient (Wildman–Crippen LogP) is 2.16. The summed E-state index contributed by atoms with van der Waals surface area (Å²) in [6.07, 6.45) is -3.85. The lowest BCUT2D eigenvalue weighted by atomic mass is 10.2. The molecule has 0 spiro atoms. The van der Waals surface area contributed by atoms with E-state index < -0.39 is 48.7 Å². The molecule has 38 heavy (non-hydrogen) atoms. The summed E-state index contributed by atoms with van der Waals surface area (Å²) >= 11 is 0. The van der Waals surface area contributed by atoms with Crippen molar-refractivity contribution >= 4 is 39.2 Å². The van der Waals surface area contributed by atoms with Crippen molar-refractivity contribution in [1.82, 2.24) is 14.9 Å². The molecule has 1 aromatic carbocycles. The van der Waals surface area contributed by atoms with Crippen LogP contribution < -0.4 is 16.3 Å². The number of aliphatic hydroxyl groups excluding tert-OH is 1. The maximum Gasteiger partial charge on any atom is 0.471 e. The minimum atomic E-state index is -5.07. The molecule has 3 rings (SSSR count). The Balaban J connectivity index is 1.88. The van der Waals surface area contributed by atoms with Crippen molar-refractivity contribution in [2.75, 3.05) is 30.7 Å². The largest absolute Gasteiger partial charge is 0.471 e. The smallest absolute Gasteiger partial charge is 0.394 e. The van der Waals surface area contributed by atoms with Gasteiger partial charge in [0.15, 0.2) is 5.82 Å². The van der Waals surface area contributed by atoms with Crippen LogP contribution in [0.2, 0.25) is 0 Å². The van der Waals surface area contributed by atoms with Gasteiger partial charge in [-0.25, -0.2) is 4.79 Å². The summed E-state index contributed by atoms with van der Waals surface area (Å²) in [6, 6.07) is 8.04. The molecule has 1 unspecified atom stereocenters. The number of alkyl halides is 3. The average molecular weight is 573 g/mol. The second-order valence-corrected chi connectivity index (χ2v) is 10.2. The molecule has 2 amide bonds. The van der Waals surface area contributed by atoms with Gasteiger partial charge in [-0.1, -0.05) is 51.6 Å². The summed E-state index contributed by atoms with van der Waals surface area (Å²) in [5.41, 5.74) is -0.547. The number of benzene rings is 1. The Morgan fingerprint density at radius 1 is 1.32 bits per heavy atom. The van der Waals surface area contributed by atoms with E-state index in [2.05, 4.69) is 22.1 Å². The summed E-state index contributed by atoms with van der Waals surface area (Å²) in [5.74, 6) is 2.24. The fourth-order valence-corrected chi connectivity index (χ4v) is 4.15. The number of hydrogen-bond acceptors (Lipinski definition) is 9. The Morgan fingerprint density at radius 3 is 2.71 bits per heavy atom. The third kappa shape index (κ3) is 7.98. The maximum atomic E-state index is 12.9. The molecular formula is C23H23F3N4O6S2. The van der Waals surface area contributed by atoms with Crippen molar-refractivity contribution < 1.29 is 37.3 Å². The number of hydrogen-bond donors (Lipinski definition) is 3. The molecule has 1 aromatic heterocycles. The quantitative estimate of drug-likeness (QED) is 0.179. The van der Waals surface area contributed by atoms with Crippen molar-refractivity contribution in [1.29, 1.82) is 0 Å². The Labute approximate surface area is 223 Å². The third-order valence-corrected chi connectivity index (χ3v) is 6.62. The van der Waals surface area contributed by atoms with E-state index in [-0.39, 0.29) is 30.0 Å². The Bertz CT molecular complexity index is 1250. The van der Waals surface area contributed by atoms with Crippen LogP contribution in [-0.4, -0.2) is 70.2 Å². The number of aromatic nitrogens is 2. The lowest BCUT2D eigenvalue weighted by molar-refractivity contribution is -0.173. The van der Waals surface area contributed by atoms with Gasteiger partial charge < -0.3 is 25.2 Å². The molecule has 1 saturated heterocycles. The molecule has 0 radical (unpaired) electrons. The van der Waals surface area contributed by atoms with Crippen LogP contribution in [0.3, 0.4) is 0 Å². The van der Waals surface area contributed by atoms with Crippen molar-refractivity contribution in [3.8, 4) is 11.8 Å². The van der Waals surface area contributed by atoms with Crippen molar-refractivity contribution in [3.63, 3.8) is 0 Å². The van der Waals surface area contributed by atoms with Crippen molar-refractivity contribution in [2.24, 2.45) is 0 Å². The van der Waals surface area contributed by atoms with E-state index in [0.717, 1.165) is 4.57 Å². The van der Waals surface area contributed by atoms with Gasteiger partial charge in [0.2, 0.25) is 0 Å². The van der Waals surface area contributed by atoms with Crippen LogP contribution in [0, 0.1) is 11.8 Å². The van der Waals surface area contributed by atoms with Crippen LogP contribution in [0.4, 0.5) is 19.0 Å². The summed E-state index contributed by atoms with van der Waals surface area (Å²) in [7, 11) is 2.95. The second kappa shape index (κ2) is 13.7. The van der Waals surface area contributed by atoms with Crippen LogP contribution in [0.5, 0.6) is 0 Å². The molecule has 1 aliphatic rings. The second-order valence-electron chi connectivity index (χ2n) is 7.65. The fourth-order valence-electron chi connectivity index (χ4n) is 3.37. The van der Waals surface area contributed by atoms with Gasteiger partial charge in [-0.15, -0.1) is 0 Å². The van der Waals surface area contributed by atoms with E-state index in [1.54, 1.807) is 23.5 Å². The van der Waals surface area contributed by atoms with E-state index >= 15 is 0 Å². The number of halogens is 3. The van der Waals surface area contributed by atoms with Crippen molar-refractivity contribution in [2.45, 2.75) is 31.0 Å². The molecule has 204 valence electrons. The highest BCUT2D eigenvalue weighted by atomic mass is 33.1. The number of anilines is 1. The molecule has 10 nitrogen and oxygen atoms in total. The number of amides is 2. The highest BCUT2D eigenvalue weighted by Crippen LogP contribution is 2.31. The Kier molecular flexibility index (Phi) is 10.6. The normalized spacial score (nSPS) is 18.9. The summed E-state index contributed by atoms with van der Waals surface area (Å²) in [4.78, 5) is 40.4. The SMILES string of the molecule is CSSCOC1C[C@H](n2cc(C#CCNC(=O)C(F)(F)F)c(NC(=O)c3ccccc3)nc2=O)O[C@@H]1CO. The lowest BCUT2D eigenvalue weighted by Gasteiger charge is -2.16. The maximum absolute atomic E-state index is 12.9. The van der Waals surface area contributed by atoms with Crippen LogP contribution >= 0.6 is 21.6 Å². The molecule has 3 N–H and O–H groups in total. The first kappa shape index (κ1) is 29.5. The zero-order valence-corrected chi connectivity index (χ0v) is 21.5. The first-order valence-corrected chi connectivity index (χ1v) is 13.7. The minimum absolute atomic E-state index is 0.0124. The van der Waals surface area contributed by atoms with Gasteiger partial charge in [0.25, 0.3) is 5.91 Å². The van der Waals surface area contributed by atoms with Crippen LogP contribution in [-0.2, 0) is 14.3 Å². The average Bonchev–Trinajstić information content (AvgIpc) is 3.30. The molecule has 0 bridgehead atoms. The number of rotatable bonds is 9. The number of aliphatic hydroxyl groups is 1. The highest BCUT2D eigenvalue weighted by Gasteiger charge is 2.38. The molecule has 3 atom stereocenters. The molecule has 2 aromatic rings. The highest BCUT2D eigenvalue weighted by molar-refractivity contribution is 8.76. The van der Waals surface area contributed by atoms with E-state index in [1.807, 2.05) is 6.26 Å².